The second kappa shape index (κ2) is 8.11. The molecule has 1 N–H and O–H groups in total. The van der Waals surface area contributed by atoms with Crippen LogP contribution in [0.3, 0.4) is 0 Å². The van der Waals surface area contributed by atoms with Crippen molar-refractivity contribution in [2.45, 2.75) is 13.0 Å². The highest BCUT2D eigenvalue weighted by molar-refractivity contribution is 6.20. The number of hydrogen-bond acceptors (Lipinski definition) is 8. The number of ether oxygens (including phenoxy) is 2. The van der Waals surface area contributed by atoms with E-state index in [2.05, 4.69) is 5.16 Å². The molecule has 3 heterocycles. The molecule has 2 aromatic heterocycles. The van der Waals surface area contributed by atoms with Crippen molar-refractivity contribution in [3.8, 4) is 11.5 Å². The quantitative estimate of drug-likeness (QED) is 0.417. The number of amides is 1. The number of carbonyl (C=O) groups is 2. The molecule has 172 valence electrons. The molecule has 1 unspecified atom stereocenters. The lowest BCUT2D eigenvalue weighted by molar-refractivity contribution is -0.117. The summed E-state index contributed by atoms with van der Waals surface area (Å²) < 4.78 is 21.9. The number of methoxy groups -OCH3 is 2. The zero-order valence-corrected chi connectivity index (χ0v) is 18.6. The summed E-state index contributed by atoms with van der Waals surface area (Å²) >= 11 is 0. The third-order valence-electron chi connectivity index (χ3n) is 5.69. The predicted molar refractivity (Wildman–Crippen MR) is 121 cm³/mol. The first kappa shape index (κ1) is 21.3. The number of carbonyl (C=O) groups excluding carboxylic acids is 2. The summed E-state index contributed by atoms with van der Waals surface area (Å²) in [6.07, 6.45) is 0. The van der Waals surface area contributed by atoms with Crippen molar-refractivity contribution < 1.29 is 33.1 Å². The molecule has 9 heteroatoms. The van der Waals surface area contributed by atoms with Gasteiger partial charge in [-0.05, 0) is 25.1 Å². The molecule has 0 fully saturated rings. The minimum Gasteiger partial charge on any atom is -0.503 e. The number of aryl methyl sites for hydroxylation is 1. The molecule has 4 aromatic rings. The number of Topliss-reactive ketones (excluding diaryl/α,β-unsaturated/α-hetero) is 1. The van der Waals surface area contributed by atoms with Gasteiger partial charge in [-0.15, -0.1) is 0 Å². The normalized spacial score (nSPS) is 15.9. The first-order chi connectivity index (χ1) is 16.4. The molecule has 0 bridgehead atoms. The van der Waals surface area contributed by atoms with E-state index in [4.69, 9.17) is 18.4 Å². The average molecular weight is 460 g/mol. The fraction of sp³-hybridized carbons (Fsp3) is 0.160. The van der Waals surface area contributed by atoms with E-state index in [1.54, 1.807) is 55.5 Å². The van der Waals surface area contributed by atoms with E-state index in [0.29, 0.717) is 28.4 Å². The minimum absolute atomic E-state index is 0.0133. The van der Waals surface area contributed by atoms with Crippen molar-refractivity contribution in [3.63, 3.8) is 0 Å². The van der Waals surface area contributed by atoms with Crippen molar-refractivity contribution in [2.24, 2.45) is 0 Å². The first-order valence-electron chi connectivity index (χ1n) is 10.4. The number of rotatable bonds is 6. The van der Waals surface area contributed by atoms with Crippen molar-refractivity contribution >= 4 is 28.5 Å². The SMILES string of the molecule is COc1cccc(C2C(C(=O)c3cc4ccccc4o3)=C(O)C(=O)N2c2cc(C)on2)c1OC. The molecular weight excluding hydrogens is 440 g/mol. The summed E-state index contributed by atoms with van der Waals surface area (Å²) in [5.41, 5.74) is 0.755. The predicted octanol–water partition coefficient (Wildman–Crippen LogP) is 4.53. The van der Waals surface area contributed by atoms with Crippen LogP contribution in [0.1, 0.15) is 27.9 Å². The fourth-order valence-corrected chi connectivity index (χ4v) is 4.19. The van der Waals surface area contributed by atoms with Crippen LogP contribution in [-0.4, -0.2) is 36.2 Å². The van der Waals surface area contributed by atoms with Gasteiger partial charge < -0.3 is 23.5 Å². The molecule has 1 atom stereocenters. The van der Waals surface area contributed by atoms with Crippen LogP contribution in [0, 0.1) is 6.92 Å². The van der Waals surface area contributed by atoms with E-state index in [0.717, 1.165) is 5.39 Å². The largest absolute Gasteiger partial charge is 0.503 e. The Morgan fingerprint density at radius 3 is 2.56 bits per heavy atom. The number of aromatic nitrogens is 1. The standard InChI is InChI=1S/C25H20N2O7/c1-13-11-19(26-34-13)27-21(15-8-6-10-17(31-2)24(15)32-3)20(23(29)25(27)30)22(28)18-12-14-7-4-5-9-16(14)33-18/h4-12,21,29H,1-3H3. The summed E-state index contributed by atoms with van der Waals surface area (Å²) in [6.45, 7) is 1.67. The van der Waals surface area contributed by atoms with Gasteiger partial charge in [0.15, 0.2) is 28.8 Å². The number of para-hydroxylation sites is 2. The number of aliphatic hydroxyl groups excluding tert-OH is 1. The van der Waals surface area contributed by atoms with E-state index in [9.17, 15) is 14.7 Å². The zero-order valence-electron chi connectivity index (χ0n) is 18.6. The number of benzene rings is 2. The number of ketones is 1. The number of furan rings is 1. The zero-order chi connectivity index (χ0) is 24.0. The average Bonchev–Trinajstić information content (AvgIpc) is 3.54. The van der Waals surface area contributed by atoms with Gasteiger partial charge in [-0.3, -0.25) is 14.5 Å². The van der Waals surface area contributed by atoms with E-state index < -0.39 is 23.5 Å². The summed E-state index contributed by atoms with van der Waals surface area (Å²) in [5.74, 6) is -0.876. The van der Waals surface area contributed by atoms with Gasteiger partial charge in [-0.2, -0.15) is 0 Å². The van der Waals surface area contributed by atoms with E-state index in [1.165, 1.54) is 19.1 Å². The van der Waals surface area contributed by atoms with Gasteiger partial charge in [0, 0.05) is 17.0 Å². The highest BCUT2D eigenvalue weighted by Gasteiger charge is 2.47. The minimum atomic E-state index is -1.08. The molecular formula is C25H20N2O7. The second-order valence-electron chi connectivity index (χ2n) is 7.70. The van der Waals surface area contributed by atoms with Gasteiger partial charge in [0.25, 0.3) is 5.91 Å². The Bertz CT molecular complexity index is 1430. The second-order valence-corrected chi connectivity index (χ2v) is 7.70. The Hall–Kier alpha value is -4.53. The first-order valence-corrected chi connectivity index (χ1v) is 10.4. The van der Waals surface area contributed by atoms with Crippen LogP contribution in [0.5, 0.6) is 11.5 Å². The topological polar surface area (TPSA) is 115 Å². The number of fused-ring (bicyclic) bond motifs is 1. The van der Waals surface area contributed by atoms with Crippen LogP contribution < -0.4 is 14.4 Å². The Morgan fingerprint density at radius 2 is 1.88 bits per heavy atom. The van der Waals surface area contributed by atoms with Crippen LogP contribution in [-0.2, 0) is 4.79 Å². The van der Waals surface area contributed by atoms with Gasteiger partial charge in [-0.25, -0.2) is 0 Å². The van der Waals surface area contributed by atoms with Crippen molar-refractivity contribution in [2.75, 3.05) is 19.1 Å². The summed E-state index contributed by atoms with van der Waals surface area (Å²) in [7, 11) is 2.93. The van der Waals surface area contributed by atoms with Crippen LogP contribution in [0.15, 0.2) is 74.9 Å². The molecule has 1 amide bonds. The summed E-state index contributed by atoms with van der Waals surface area (Å²) in [6, 6.07) is 14.2. The van der Waals surface area contributed by atoms with Crippen LogP contribution in [0.4, 0.5) is 5.82 Å². The molecule has 0 aliphatic carbocycles. The Morgan fingerprint density at radius 1 is 1.09 bits per heavy atom. The molecule has 1 aliphatic rings. The smallest absolute Gasteiger partial charge is 0.295 e. The van der Waals surface area contributed by atoms with Gasteiger partial charge >= 0.3 is 0 Å². The number of nitrogens with zero attached hydrogens (tertiary/aromatic N) is 2. The van der Waals surface area contributed by atoms with Gasteiger partial charge in [0.1, 0.15) is 17.4 Å². The molecule has 9 nitrogen and oxygen atoms in total. The van der Waals surface area contributed by atoms with E-state index in [-0.39, 0.29) is 17.2 Å². The van der Waals surface area contributed by atoms with Gasteiger partial charge in [0.05, 0.1) is 19.8 Å². The molecule has 34 heavy (non-hydrogen) atoms. The maximum atomic E-state index is 13.7. The Kier molecular flexibility index (Phi) is 5.09. The molecule has 1 aliphatic heterocycles. The number of aliphatic hydroxyl groups is 1. The van der Waals surface area contributed by atoms with Crippen molar-refractivity contribution in [1.82, 2.24) is 5.16 Å². The lowest BCUT2D eigenvalue weighted by atomic mass is 9.94. The number of hydrogen-bond donors (Lipinski definition) is 1. The van der Waals surface area contributed by atoms with Gasteiger partial charge in [-0.1, -0.05) is 35.5 Å². The van der Waals surface area contributed by atoms with Crippen molar-refractivity contribution in [3.05, 3.63) is 83.0 Å². The summed E-state index contributed by atoms with van der Waals surface area (Å²) in [4.78, 5) is 28.1. The number of anilines is 1. The van der Waals surface area contributed by atoms with Crippen molar-refractivity contribution in [1.29, 1.82) is 0 Å². The lowest BCUT2D eigenvalue weighted by Gasteiger charge is -2.26. The molecule has 0 radical (unpaired) electrons. The van der Waals surface area contributed by atoms with E-state index >= 15 is 0 Å². The van der Waals surface area contributed by atoms with Crippen LogP contribution >= 0.6 is 0 Å². The maximum Gasteiger partial charge on any atom is 0.295 e. The highest BCUT2D eigenvalue weighted by atomic mass is 16.5. The summed E-state index contributed by atoms with van der Waals surface area (Å²) in [5, 5.41) is 15.6. The molecule has 2 aromatic carbocycles. The Balaban J connectivity index is 1.72. The molecule has 0 saturated heterocycles. The molecule has 5 rings (SSSR count). The maximum absolute atomic E-state index is 13.7. The highest BCUT2D eigenvalue weighted by Crippen LogP contribution is 2.47. The third kappa shape index (κ3) is 3.21. The van der Waals surface area contributed by atoms with E-state index in [1.807, 2.05) is 6.07 Å². The van der Waals surface area contributed by atoms with Crippen LogP contribution in [0.25, 0.3) is 11.0 Å². The van der Waals surface area contributed by atoms with Gasteiger partial charge in [0.2, 0.25) is 5.78 Å². The monoisotopic (exact) mass is 460 g/mol. The molecule has 0 saturated carbocycles. The molecule has 0 spiro atoms. The fourth-order valence-electron chi connectivity index (χ4n) is 4.19. The third-order valence-corrected chi connectivity index (χ3v) is 5.69. The lowest BCUT2D eigenvalue weighted by Crippen LogP contribution is -2.31. The van der Waals surface area contributed by atoms with Crippen LogP contribution in [0.2, 0.25) is 0 Å². The Labute approximate surface area is 193 Å².